The van der Waals surface area contributed by atoms with Gasteiger partial charge in [0.25, 0.3) is 5.91 Å². The van der Waals surface area contributed by atoms with Crippen LogP contribution in [0.5, 0.6) is 0 Å². The number of anilines is 1. The van der Waals surface area contributed by atoms with E-state index in [9.17, 15) is 22.8 Å². The maximum absolute atomic E-state index is 12.2. The van der Waals surface area contributed by atoms with Crippen LogP contribution in [0.25, 0.3) is 0 Å². The normalized spacial score (nSPS) is 18.0. The van der Waals surface area contributed by atoms with Crippen molar-refractivity contribution in [2.75, 3.05) is 38.6 Å². The predicted octanol–water partition coefficient (Wildman–Crippen LogP) is 1.68. The lowest BCUT2D eigenvalue weighted by Gasteiger charge is -2.33. The van der Waals surface area contributed by atoms with Crippen LogP contribution >= 0.6 is 0 Å². The minimum absolute atomic E-state index is 0.165. The van der Waals surface area contributed by atoms with E-state index >= 15 is 0 Å². The number of carbonyl (C=O) groups excluding carboxylic acids is 2. The van der Waals surface area contributed by atoms with Gasteiger partial charge < -0.3 is 15.1 Å². The zero-order valence-corrected chi connectivity index (χ0v) is 14.1. The molecule has 0 saturated carbocycles. The first kappa shape index (κ1) is 19.0. The molecule has 1 aliphatic rings. The zero-order valence-electron chi connectivity index (χ0n) is 14.1. The van der Waals surface area contributed by atoms with E-state index in [1.165, 1.54) is 11.1 Å². The molecule has 2 amide bonds. The predicted molar refractivity (Wildman–Crippen MR) is 86.3 cm³/mol. The molecule has 1 aromatic heterocycles. The van der Waals surface area contributed by atoms with Crippen molar-refractivity contribution < 1.29 is 22.8 Å². The summed E-state index contributed by atoms with van der Waals surface area (Å²) in [4.78, 5) is 31.3. The van der Waals surface area contributed by atoms with Crippen molar-refractivity contribution in [1.82, 2.24) is 15.2 Å². The first-order valence-corrected chi connectivity index (χ1v) is 7.94. The Balaban J connectivity index is 1.98. The molecule has 0 radical (unpaired) electrons. The van der Waals surface area contributed by atoms with Gasteiger partial charge in [-0.2, -0.15) is 13.2 Å². The third kappa shape index (κ3) is 5.33. The summed E-state index contributed by atoms with van der Waals surface area (Å²) in [6.07, 6.45) is -1.73. The van der Waals surface area contributed by atoms with Gasteiger partial charge in [0.1, 0.15) is 12.4 Å². The number of piperidine rings is 1. The van der Waals surface area contributed by atoms with Gasteiger partial charge in [-0.15, -0.1) is 0 Å². The summed E-state index contributed by atoms with van der Waals surface area (Å²) in [6.45, 7) is -0.351. The molecular formula is C16H21F3N4O2. The highest BCUT2D eigenvalue weighted by Crippen LogP contribution is 2.22. The maximum atomic E-state index is 12.2. The van der Waals surface area contributed by atoms with Gasteiger partial charge in [0.05, 0.1) is 11.5 Å². The highest BCUT2D eigenvalue weighted by atomic mass is 19.4. The molecule has 1 unspecified atom stereocenters. The first-order chi connectivity index (χ1) is 11.7. The lowest BCUT2D eigenvalue weighted by atomic mass is 9.97. The quantitative estimate of drug-likeness (QED) is 0.889. The maximum Gasteiger partial charge on any atom is 0.405 e. The van der Waals surface area contributed by atoms with Crippen LogP contribution in [-0.2, 0) is 4.79 Å². The van der Waals surface area contributed by atoms with Crippen molar-refractivity contribution in [2.24, 2.45) is 5.92 Å². The monoisotopic (exact) mass is 358 g/mol. The Morgan fingerprint density at radius 2 is 2.08 bits per heavy atom. The van der Waals surface area contributed by atoms with Crippen molar-refractivity contribution in [3.05, 3.63) is 23.9 Å². The Bertz CT molecular complexity index is 617. The smallest absolute Gasteiger partial charge is 0.356 e. The number of aromatic nitrogens is 1. The van der Waals surface area contributed by atoms with Crippen LogP contribution in [0.3, 0.4) is 0 Å². The average Bonchev–Trinajstić information content (AvgIpc) is 2.58. The van der Waals surface area contributed by atoms with E-state index in [2.05, 4.69) is 4.98 Å². The minimum atomic E-state index is -4.42. The SMILES string of the molecule is CN(C)C(=O)c1ccc(N2CCCC(C(=O)NCC(F)(F)F)C2)nc1. The fraction of sp³-hybridized carbons (Fsp3) is 0.562. The highest BCUT2D eigenvalue weighted by molar-refractivity contribution is 5.93. The van der Waals surface area contributed by atoms with Crippen LogP contribution in [-0.4, -0.2) is 61.6 Å². The largest absolute Gasteiger partial charge is 0.405 e. The summed E-state index contributed by atoms with van der Waals surface area (Å²) < 4.78 is 36.7. The second-order valence-corrected chi connectivity index (χ2v) is 6.22. The summed E-state index contributed by atoms with van der Waals surface area (Å²) in [7, 11) is 3.29. The number of rotatable bonds is 4. The molecule has 1 saturated heterocycles. The lowest BCUT2D eigenvalue weighted by Crippen LogP contribution is -2.45. The van der Waals surface area contributed by atoms with E-state index in [-0.39, 0.29) is 5.91 Å². The first-order valence-electron chi connectivity index (χ1n) is 7.94. The third-order valence-electron chi connectivity index (χ3n) is 3.98. The second kappa shape index (κ2) is 7.71. The van der Waals surface area contributed by atoms with Crippen molar-refractivity contribution in [2.45, 2.75) is 19.0 Å². The molecule has 1 fully saturated rings. The topological polar surface area (TPSA) is 65.5 Å². The van der Waals surface area contributed by atoms with Crippen LogP contribution in [0, 0.1) is 5.92 Å². The number of pyridine rings is 1. The molecule has 0 aromatic carbocycles. The molecule has 1 aromatic rings. The molecule has 25 heavy (non-hydrogen) atoms. The van der Waals surface area contributed by atoms with Gasteiger partial charge in [-0.3, -0.25) is 9.59 Å². The van der Waals surface area contributed by atoms with Gasteiger partial charge in [0.15, 0.2) is 0 Å². The Morgan fingerprint density at radius 3 is 2.64 bits per heavy atom. The van der Waals surface area contributed by atoms with Crippen LogP contribution < -0.4 is 10.2 Å². The van der Waals surface area contributed by atoms with E-state index < -0.39 is 24.5 Å². The van der Waals surface area contributed by atoms with Crippen molar-refractivity contribution in [3.8, 4) is 0 Å². The van der Waals surface area contributed by atoms with Crippen molar-refractivity contribution in [1.29, 1.82) is 0 Å². The molecule has 138 valence electrons. The Morgan fingerprint density at radius 1 is 1.36 bits per heavy atom. The summed E-state index contributed by atoms with van der Waals surface area (Å²) >= 11 is 0. The molecule has 0 spiro atoms. The molecule has 2 rings (SSSR count). The molecule has 2 heterocycles. The zero-order chi connectivity index (χ0) is 18.6. The number of alkyl halides is 3. The second-order valence-electron chi connectivity index (χ2n) is 6.22. The molecule has 1 N–H and O–H groups in total. The number of amides is 2. The summed E-state index contributed by atoms with van der Waals surface area (Å²) in [5, 5.41) is 1.94. The number of hydrogen-bond acceptors (Lipinski definition) is 4. The number of hydrogen-bond donors (Lipinski definition) is 1. The third-order valence-corrected chi connectivity index (χ3v) is 3.98. The Labute approximate surface area is 144 Å². The van der Waals surface area contributed by atoms with Crippen LogP contribution in [0.2, 0.25) is 0 Å². The Hall–Kier alpha value is -2.32. The van der Waals surface area contributed by atoms with Gasteiger partial charge >= 0.3 is 6.18 Å². The summed E-state index contributed by atoms with van der Waals surface area (Å²) in [5.74, 6) is -0.673. The minimum Gasteiger partial charge on any atom is -0.356 e. The molecule has 1 aliphatic heterocycles. The van der Waals surface area contributed by atoms with Gasteiger partial charge in [-0.05, 0) is 25.0 Å². The van der Waals surface area contributed by atoms with Crippen LogP contribution in [0.4, 0.5) is 19.0 Å². The fourth-order valence-corrected chi connectivity index (χ4v) is 2.69. The van der Waals surface area contributed by atoms with E-state index in [1.807, 2.05) is 10.2 Å². The van der Waals surface area contributed by atoms with E-state index in [0.717, 1.165) is 0 Å². The summed E-state index contributed by atoms with van der Waals surface area (Å²) in [5.41, 5.74) is 0.449. The van der Waals surface area contributed by atoms with Gasteiger partial charge in [0.2, 0.25) is 5.91 Å². The molecular weight excluding hydrogens is 337 g/mol. The highest BCUT2D eigenvalue weighted by Gasteiger charge is 2.31. The number of halogens is 3. The standard InChI is InChI=1S/C16H21F3N4O2/c1-22(2)15(25)11-5-6-13(20-8-11)23-7-3-4-12(9-23)14(24)21-10-16(17,18)19/h5-6,8,12H,3-4,7,9-10H2,1-2H3,(H,21,24). The van der Waals surface area contributed by atoms with E-state index in [1.54, 1.807) is 26.2 Å². The Kier molecular flexibility index (Phi) is 5.86. The van der Waals surface area contributed by atoms with Gasteiger partial charge in [-0.1, -0.05) is 0 Å². The molecule has 0 bridgehead atoms. The van der Waals surface area contributed by atoms with E-state index in [4.69, 9.17) is 0 Å². The molecule has 1 atom stereocenters. The van der Waals surface area contributed by atoms with Gasteiger partial charge in [-0.25, -0.2) is 4.98 Å². The number of nitrogens with zero attached hydrogens (tertiary/aromatic N) is 3. The number of nitrogens with one attached hydrogen (secondary N) is 1. The van der Waals surface area contributed by atoms with Gasteiger partial charge in [0, 0.05) is 33.4 Å². The average molecular weight is 358 g/mol. The molecule has 9 heteroatoms. The van der Waals surface area contributed by atoms with Crippen molar-refractivity contribution >= 4 is 17.6 Å². The molecule has 0 aliphatic carbocycles. The molecule has 6 nitrogen and oxygen atoms in total. The van der Waals surface area contributed by atoms with Crippen LogP contribution in [0.15, 0.2) is 18.3 Å². The lowest BCUT2D eigenvalue weighted by molar-refractivity contribution is -0.140. The van der Waals surface area contributed by atoms with E-state index in [0.29, 0.717) is 37.3 Å². The number of carbonyl (C=O) groups is 2. The summed E-state index contributed by atoms with van der Waals surface area (Å²) in [6, 6.07) is 3.34. The van der Waals surface area contributed by atoms with Crippen LogP contribution in [0.1, 0.15) is 23.2 Å². The van der Waals surface area contributed by atoms with Crippen molar-refractivity contribution in [3.63, 3.8) is 0 Å². The fourth-order valence-electron chi connectivity index (χ4n) is 2.69.